The number of amides is 1. The van der Waals surface area contributed by atoms with Crippen molar-refractivity contribution in [2.24, 2.45) is 5.10 Å². The highest BCUT2D eigenvalue weighted by Crippen LogP contribution is 2.31. The van der Waals surface area contributed by atoms with E-state index in [9.17, 15) is 4.79 Å². The van der Waals surface area contributed by atoms with Crippen LogP contribution in [0.2, 0.25) is 5.02 Å². The van der Waals surface area contributed by atoms with E-state index in [-0.39, 0.29) is 17.9 Å². The van der Waals surface area contributed by atoms with Gasteiger partial charge in [-0.15, -0.1) is 0 Å². The summed E-state index contributed by atoms with van der Waals surface area (Å²) in [5.74, 6) is 0.258. The van der Waals surface area contributed by atoms with Crippen LogP contribution in [0.15, 0.2) is 52.0 Å². The molecule has 2 aromatic carbocycles. The zero-order valence-electron chi connectivity index (χ0n) is 14.3. The molecule has 0 aliphatic carbocycles. The van der Waals surface area contributed by atoms with E-state index < -0.39 is 0 Å². The lowest BCUT2D eigenvalue weighted by Crippen LogP contribution is -2.24. The maximum Gasteiger partial charge on any atom is 0.277 e. The summed E-state index contributed by atoms with van der Waals surface area (Å²) in [5, 5.41) is 4.45. The summed E-state index contributed by atoms with van der Waals surface area (Å²) in [5.41, 5.74) is 4.37. The van der Waals surface area contributed by atoms with E-state index in [4.69, 9.17) is 16.3 Å². The lowest BCUT2D eigenvalue weighted by atomic mass is 9.87. The first-order valence-electron chi connectivity index (χ1n) is 7.76. The molecule has 6 heteroatoms. The molecule has 0 saturated carbocycles. The van der Waals surface area contributed by atoms with Crippen molar-refractivity contribution in [3.05, 3.63) is 63.1 Å². The third-order valence-electron chi connectivity index (χ3n) is 3.45. The Bertz CT molecular complexity index is 785. The van der Waals surface area contributed by atoms with E-state index in [1.165, 1.54) is 11.8 Å². The highest BCUT2D eigenvalue weighted by molar-refractivity contribution is 9.10. The summed E-state index contributed by atoms with van der Waals surface area (Å²) < 4.78 is 6.35. The minimum atomic E-state index is -0.352. The molecule has 25 heavy (non-hydrogen) atoms. The van der Waals surface area contributed by atoms with Crippen molar-refractivity contribution < 1.29 is 9.53 Å². The number of hydrazone groups is 1. The third kappa shape index (κ3) is 5.87. The maximum absolute atomic E-state index is 11.8. The Hall–Kier alpha value is -1.85. The lowest BCUT2D eigenvalue weighted by Gasteiger charge is -2.20. The van der Waals surface area contributed by atoms with E-state index in [0.29, 0.717) is 10.8 Å². The van der Waals surface area contributed by atoms with Crippen LogP contribution in [0, 0.1) is 0 Å². The van der Waals surface area contributed by atoms with Gasteiger partial charge in [-0.2, -0.15) is 5.10 Å². The zero-order valence-corrected chi connectivity index (χ0v) is 16.7. The van der Waals surface area contributed by atoms with Gasteiger partial charge in [0.2, 0.25) is 0 Å². The van der Waals surface area contributed by atoms with Gasteiger partial charge in [-0.05, 0) is 45.1 Å². The normalized spacial score (nSPS) is 11.6. The first-order valence-corrected chi connectivity index (χ1v) is 8.94. The van der Waals surface area contributed by atoms with Gasteiger partial charge in [0.25, 0.3) is 5.91 Å². The number of nitrogens with one attached hydrogen (secondary N) is 1. The van der Waals surface area contributed by atoms with Gasteiger partial charge in [-0.1, -0.05) is 56.6 Å². The molecule has 0 unspecified atom stereocenters. The molecule has 0 radical (unpaired) electrons. The second kappa shape index (κ2) is 8.50. The summed E-state index contributed by atoms with van der Waals surface area (Å²) in [6, 6.07) is 13.1. The lowest BCUT2D eigenvalue weighted by molar-refractivity contribution is -0.123. The number of hydrogen-bond acceptors (Lipinski definition) is 3. The Labute approximate surface area is 161 Å². The molecule has 0 bridgehead atoms. The van der Waals surface area contributed by atoms with Crippen LogP contribution in [0.25, 0.3) is 0 Å². The fourth-order valence-corrected chi connectivity index (χ4v) is 2.69. The molecule has 0 heterocycles. The monoisotopic (exact) mass is 422 g/mol. The fraction of sp³-hybridized carbons (Fsp3) is 0.263. The van der Waals surface area contributed by atoms with Crippen LogP contribution < -0.4 is 10.2 Å². The number of carbonyl (C=O) groups is 1. The minimum absolute atomic E-state index is 0.0475. The number of nitrogens with zero attached hydrogens (tertiary/aromatic N) is 1. The van der Waals surface area contributed by atoms with Crippen LogP contribution >= 0.6 is 27.5 Å². The van der Waals surface area contributed by atoms with Gasteiger partial charge in [0, 0.05) is 10.6 Å². The topological polar surface area (TPSA) is 50.7 Å². The Morgan fingerprint density at radius 2 is 2.00 bits per heavy atom. The van der Waals surface area contributed by atoms with E-state index in [1.54, 1.807) is 6.07 Å². The first kappa shape index (κ1) is 19.5. The van der Waals surface area contributed by atoms with E-state index >= 15 is 0 Å². The van der Waals surface area contributed by atoms with Crippen LogP contribution in [0.4, 0.5) is 0 Å². The molecule has 4 nitrogen and oxygen atoms in total. The number of halogens is 2. The molecule has 2 aromatic rings. The molecule has 0 atom stereocenters. The molecule has 0 fully saturated rings. The molecule has 0 aliphatic rings. The molecular weight excluding hydrogens is 404 g/mol. The van der Waals surface area contributed by atoms with Gasteiger partial charge < -0.3 is 4.74 Å². The van der Waals surface area contributed by atoms with Crippen LogP contribution in [0.5, 0.6) is 5.75 Å². The molecule has 1 N–H and O–H groups in total. The first-order chi connectivity index (χ1) is 11.8. The molecule has 1 amide bonds. The quantitative estimate of drug-likeness (QED) is 0.547. The number of benzene rings is 2. The van der Waals surface area contributed by atoms with Crippen molar-refractivity contribution in [3.8, 4) is 5.75 Å². The second-order valence-corrected chi connectivity index (χ2v) is 7.76. The molecule has 0 spiro atoms. The van der Waals surface area contributed by atoms with Crippen molar-refractivity contribution in [3.63, 3.8) is 0 Å². The Morgan fingerprint density at radius 3 is 2.64 bits per heavy atom. The highest BCUT2D eigenvalue weighted by atomic mass is 79.9. The largest absolute Gasteiger partial charge is 0.483 e. The molecule has 132 valence electrons. The van der Waals surface area contributed by atoms with Gasteiger partial charge >= 0.3 is 0 Å². The minimum Gasteiger partial charge on any atom is -0.483 e. The number of rotatable bonds is 5. The average molecular weight is 424 g/mol. The van der Waals surface area contributed by atoms with Crippen molar-refractivity contribution in [2.75, 3.05) is 6.61 Å². The zero-order chi connectivity index (χ0) is 18.4. The number of ether oxygens (including phenoxy) is 1. The van der Waals surface area contributed by atoms with E-state index in [2.05, 4.69) is 47.2 Å². The molecule has 0 saturated heterocycles. The highest BCUT2D eigenvalue weighted by Gasteiger charge is 2.15. The SMILES string of the molecule is CC(C)(C)c1ccc(OCC(=O)NN=Cc2ccccc2Cl)c(Br)c1. The van der Waals surface area contributed by atoms with Gasteiger partial charge in [-0.25, -0.2) is 5.43 Å². The van der Waals surface area contributed by atoms with Crippen molar-refractivity contribution in [1.82, 2.24) is 5.43 Å². The summed E-state index contributed by atoms with van der Waals surface area (Å²) in [7, 11) is 0. The van der Waals surface area contributed by atoms with E-state index in [1.807, 2.05) is 36.4 Å². The van der Waals surface area contributed by atoms with Crippen LogP contribution in [-0.2, 0) is 10.2 Å². The predicted octanol–water partition coefficient (Wildman–Crippen LogP) is 4.93. The summed E-state index contributed by atoms with van der Waals surface area (Å²) in [4.78, 5) is 11.8. The summed E-state index contributed by atoms with van der Waals surface area (Å²) in [6.07, 6.45) is 1.49. The smallest absolute Gasteiger partial charge is 0.277 e. The number of carbonyl (C=O) groups excluding carboxylic acids is 1. The van der Waals surface area contributed by atoms with Crippen molar-refractivity contribution >= 4 is 39.7 Å². The predicted molar refractivity (Wildman–Crippen MR) is 106 cm³/mol. The molecule has 2 rings (SSSR count). The maximum atomic E-state index is 11.8. The van der Waals surface area contributed by atoms with Crippen LogP contribution in [0.3, 0.4) is 0 Å². The standard InChI is InChI=1S/C19H20BrClN2O2/c1-19(2,3)14-8-9-17(15(20)10-14)25-12-18(24)23-22-11-13-6-4-5-7-16(13)21/h4-11H,12H2,1-3H3,(H,23,24). The Kier molecular flexibility index (Phi) is 6.62. The summed E-state index contributed by atoms with van der Waals surface area (Å²) >= 11 is 9.49. The summed E-state index contributed by atoms with van der Waals surface area (Å²) in [6.45, 7) is 6.28. The van der Waals surface area contributed by atoms with Gasteiger partial charge in [0.05, 0.1) is 10.7 Å². The number of hydrogen-bond donors (Lipinski definition) is 1. The van der Waals surface area contributed by atoms with Gasteiger partial charge in [0.15, 0.2) is 6.61 Å². The van der Waals surface area contributed by atoms with Gasteiger partial charge in [-0.3, -0.25) is 4.79 Å². The fourth-order valence-electron chi connectivity index (χ4n) is 2.01. The van der Waals surface area contributed by atoms with Gasteiger partial charge in [0.1, 0.15) is 5.75 Å². The van der Waals surface area contributed by atoms with Crippen LogP contribution in [0.1, 0.15) is 31.9 Å². The average Bonchev–Trinajstić information content (AvgIpc) is 2.54. The van der Waals surface area contributed by atoms with Crippen LogP contribution in [-0.4, -0.2) is 18.7 Å². The van der Waals surface area contributed by atoms with E-state index in [0.717, 1.165) is 10.0 Å². The third-order valence-corrected chi connectivity index (χ3v) is 4.42. The van der Waals surface area contributed by atoms with Crippen molar-refractivity contribution in [1.29, 1.82) is 0 Å². The Morgan fingerprint density at radius 1 is 1.28 bits per heavy atom. The molecule has 0 aromatic heterocycles. The molecular formula is C19H20BrClN2O2. The Balaban J connectivity index is 1.89. The van der Waals surface area contributed by atoms with Crippen molar-refractivity contribution in [2.45, 2.75) is 26.2 Å². The second-order valence-electron chi connectivity index (χ2n) is 6.50. The molecule has 0 aliphatic heterocycles.